The molecule has 98 valence electrons. The van der Waals surface area contributed by atoms with Crippen LogP contribution in [0.3, 0.4) is 0 Å². The van der Waals surface area contributed by atoms with Gasteiger partial charge in [-0.1, -0.05) is 27.5 Å². The Morgan fingerprint density at radius 3 is 1.88 bits per heavy atom. The summed E-state index contributed by atoms with van der Waals surface area (Å²) >= 11 is 0. The molecule has 0 radical (unpaired) electrons. The van der Waals surface area contributed by atoms with Crippen molar-refractivity contribution in [2.75, 3.05) is 0 Å². The first-order valence-electron chi connectivity index (χ1n) is 5.55. The summed E-state index contributed by atoms with van der Waals surface area (Å²) in [6, 6.07) is 0. The van der Waals surface area contributed by atoms with Gasteiger partial charge in [-0.15, -0.1) is 0 Å². The van der Waals surface area contributed by atoms with Gasteiger partial charge in [-0.25, -0.2) is 9.59 Å². The molecule has 0 heterocycles. The van der Waals surface area contributed by atoms with Crippen LogP contribution in [0.1, 0.15) is 20.3 Å². The number of rotatable bonds is 6. The predicted octanol–water partition coefficient (Wildman–Crippen LogP) is 1.81. The highest BCUT2D eigenvalue weighted by atomic mass is 17.1. The fourth-order valence-electron chi connectivity index (χ4n) is 1.69. The number of carbonyl (C=O) groups is 2. The van der Waals surface area contributed by atoms with E-state index in [1.165, 1.54) is 0 Å². The van der Waals surface area contributed by atoms with Crippen molar-refractivity contribution in [2.45, 2.75) is 39.7 Å². The highest BCUT2D eigenvalue weighted by molar-refractivity contribution is 6.61. The molecule has 0 aliphatic carbocycles. The van der Waals surface area contributed by atoms with Crippen molar-refractivity contribution in [3.8, 4) is 0 Å². The van der Waals surface area contributed by atoms with Gasteiger partial charge in [-0.05, 0) is 12.3 Å². The Labute approximate surface area is 101 Å². The zero-order chi connectivity index (χ0) is 13.6. The summed E-state index contributed by atoms with van der Waals surface area (Å²) < 4.78 is 0. The Balaban J connectivity index is 4.80. The summed E-state index contributed by atoms with van der Waals surface area (Å²) in [5.41, 5.74) is 0. The molecule has 17 heavy (non-hydrogen) atoms. The van der Waals surface area contributed by atoms with Crippen LogP contribution < -0.4 is 0 Å². The van der Waals surface area contributed by atoms with Crippen molar-refractivity contribution in [1.82, 2.24) is 0 Å². The molecule has 0 aromatic rings. The van der Waals surface area contributed by atoms with Crippen molar-refractivity contribution in [3.05, 3.63) is 0 Å². The summed E-state index contributed by atoms with van der Waals surface area (Å²) in [4.78, 5) is 30.1. The lowest BCUT2D eigenvalue weighted by molar-refractivity contribution is -0.242. The van der Waals surface area contributed by atoms with E-state index in [2.05, 4.69) is 9.78 Å². The van der Waals surface area contributed by atoms with Crippen LogP contribution in [0.2, 0.25) is 19.5 Å². The Bertz CT molecular complexity index is 240. The second kappa shape index (κ2) is 7.29. The summed E-state index contributed by atoms with van der Waals surface area (Å²) in [5.74, 6) is -2.90. The lowest BCUT2D eigenvalue weighted by atomic mass is 9.43. The summed E-state index contributed by atoms with van der Waals surface area (Å²) in [5, 5.41) is 16.8. The lowest BCUT2D eigenvalue weighted by Crippen LogP contribution is -2.30. The van der Waals surface area contributed by atoms with Crippen molar-refractivity contribution in [2.24, 2.45) is 11.8 Å². The predicted molar refractivity (Wildman–Crippen MR) is 61.6 cm³/mol. The first-order chi connectivity index (χ1) is 7.84. The smallest absolute Gasteiger partial charge is 0.302 e. The van der Waals surface area contributed by atoms with Crippen LogP contribution in [0.25, 0.3) is 0 Å². The van der Waals surface area contributed by atoms with Crippen LogP contribution in [-0.4, -0.2) is 29.2 Å². The van der Waals surface area contributed by atoms with E-state index >= 15 is 0 Å². The third-order valence-corrected chi connectivity index (χ3v) is 2.90. The third-order valence-electron chi connectivity index (χ3n) is 2.90. The molecule has 2 unspecified atom stereocenters. The van der Waals surface area contributed by atoms with Gasteiger partial charge >= 0.3 is 11.9 Å². The molecule has 0 rings (SSSR count). The van der Waals surface area contributed by atoms with Gasteiger partial charge in [0, 0.05) is 5.82 Å². The summed E-state index contributed by atoms with van der Waals surface area (Å²) in [6.45, 7) is 7.03. The van der Waals surface area contributed by atoms with Crippen molar-refractivity contribution < 1.29 is 29.9 Å². The maximum absolute atomic E-state index is 11.3. The van der Waals surface area contributed by atoms with Crippen LogP contribution in [-0.2, 0) is 19.4 Å². The molecular formula is C10H19BO6. The van der Waals surface area contributed by atoms with Gasteiger partial charge in [0.15, 0.2) is 6.71 Å². The van der Waals surface area contributed by atoms with Crippen molar-refractivity contribution in [1.29, 1.82) is 0 Å². The van der Waals surface area contributed by atoms with E-state index in [0.717, 1.165) is 0 Å². The molecule has 7 heteroatoms. The van der Waals surface area contributed by atoms with Gasteiger partial charge in [0.1, 0.15) is 0 Å². The second-order valence-electron chi connectivity index (χ2n) is 4.76. The number of hydrogen-bond acceptors (Lipinski definition) is 6. The Kier molecular flexibility index (Phi) is 6.83. The van der Waals surface area contributed by atoms with Crippen molar-refractivity contribution >= 4 is 18.7 Å². The van der Waals surface area contributed by atoms with E-state index in [1.807, 2.05) is 0 Å². The molecule has 6 nitrogen and oxygen atoms in total. The lowest BCUT2D eigenvalue weighted by Gasteiger charge is -2.22. The second-order valence-corrected chi connectivity index (χ2v) is 4.76. The van der Waals surface area contributed by atoms with Gasteiger partial charge in [0.2, 0.25) is 0 Å². The van der Waals surface area contributed by atoms with Crippen molar-refractivity contribution in [3.63, 3.8) is 0 Å². The Morgan fingerprint density at radius 2 is 1.59 bits per heavy atom. The van der Waals surface area contributed by atoms with Gasteiger partial charge < -0.3 is 9.78 Å². The molecule has 0 amide bonds. The van der Waals surface area contributed by atoms with Gasteiger partial charge in [0.05, 0.1) is 5.92 Å². The highest BCUT2D eigenvalue weighted by Crippen LogP contribution is 2.28. The van der Waals surface area contributed by atoms with Crippen LogP contribution in [0.5, 0.6) is 0 Å². The Morgan fingerprint density at radius 1 is 1.12 bits per heavy atom. The first kappa shape index (κ1) is 15.9. The first-order valence-corrected chi connectivity index (χ1v) is 5.55. The van der Waals surface area contributed by atoms with E-state index in [4.69, 9.17) is 10.5 Å². The van der Waals surface area contributed by atoms with E-state index in [-0.39, 0.29) is 19.1 Å². The van der Waals surface area contributed by atoms with Gasteiger partial charge in [-0.2, -0.15) is 10.5 Å². The molecular weight excluding hydrogens is 227 g/mol. The molecule has 0 saturated heterocycles. The summed E-state index contributed by atoms with van der Waals surface area (Å²) in [7, 11) is 0. The largest absolute Gasteiger partial charge is 0.345 e. The van der Waals surface area contributed by atoms with Crippen LogP contribution in [0.15, 0.2) is 0 Å². The fraction of sp³-hybridized carbons (Fsp3) is 0.800. The van der Waals surface area contributed by atoms with E-state index in [9.17, 15) is 9.59 Å². The molecule has 0 bridgehead atoms. The molecule has 0 fully saturated rings. The normalized spacial score (nSPS) is 14.1. The summed E-state index contributed by atoms with van der Waals surface area (Å²) in [6.07, 6.45) is 0.161. The highest BCUT2D eigenvalue weighted by Gasteiger charge is 2.34. The molecule has 0 spiro atoms. The number of carbonyl (C=O) groups excluding carboxylic acids is 2. The molecule has 0 aliphatic rings. The minimum absolute atomic E-state index is 0.0950. The maximum atomic E-state index is 11.3. The average Bonchev–Trinajstić information content (AvgIpc) is 2.27. The zero-order valence-electron chi connectivity index (χ0n) is 10.5. The van der Waals surface area contributed by atoms with Gasteiger partial charge in [0.25, 0.3) is 0 Å². The molecule has 2 atom stereocenters. The topological polar surface area (TPSA) is 93.1 Å². The zero-order valence-corrected chi connectivity index (χ0v) is 10.5. The molecule has 2 N–H and O–H groups in total. The maximum Gasteiger partial charge on any atom is 0.345 e. The van der Waals surface area contributed by atoms with Crippen LogP contribution in [0, 0.1) is 11.8 Å². The molecule has 0 aromatic heterocycles. The van der Waals surface area contributed by atoms with E-state index in [1.54, 1.807) is 27.5 Å². The van der Waals surface area contributed by atoms with Gasteiger partial charge in [-0.3, -0.25) is 0 Å². The third kappa shape index (κ3) is 4.74. The quantitative estimate of drug-likeness (QED) is 0.421. The van der Waals surface area contributed by atoms with Crippen LogP contribution in [0.4, 0.5) is 0 Å². The minimum Gasteiger partial charge on any atom is -0.302 e. The average molecular weight is 246 g/mol. The molecule has 0 aliphatic heterocycles. The van der Waals surface area contributed by atoms with Crippen LogP contribution >= 0.6 is 0 Å². The molecule has 0 aromatic carbocycles. The Hall–Kier alpha value is -1.08. The van der Waals surface area contributed by atoms with E-state index < -0.39 is 23.7 Å². The number of hydrogen-bond donors (Lipinski definition) is 2. The monoisotopic (exact) mass is 246 g/mol. The fourth-order valence-corrected chi connectivity index (χ4v) is 1.69. The standard InChI is InChI=1S/C10H19BO6/c1-6(2)7(9(12)16-14)5-8(11(3)4)10(13)17-15/h6-8,14-15H,5H2,1-4H3. The minimum atomic E-state index is -0.781. The van der Waals surface area contributed by atoms with E-state index in [0.29, 0.717) is 0 Å². The molecule has 0 saturated carbocycles. The SMILES string of the molecule is CB(C)C(CC(C(=O)OO)C(C)C)C(=O)OO.